The third-order valence-corrected chi connectivity index (χ3v) is 4.78. The average Bonchev–Trinajstić information content (AvgIpc) is 2.36. The van der Waals surface area contributed by atoms with Crippen LogP contribution in [0.4, 0.5) is 4.39 Å². The van der Waals surface area contributed by atoms with E-state index in [9.17, 15) is 9.18 Å². The number of halogens is 1. The smallest absolute Gasteiger partial charge is 0.263 e. The van der Waals surface area contributed by atoms with Crippen LogP contribution in [0.3, 0.4) is 0 Å². The molecule has 0 radical (unpaired) electrons. The molecular weight excluding hydrogens is 271 g/mol. The molecule has 110 valence electrons. The molecule has 1 spiro atoms. The average molecular weight is 288 g/mol. The van der Waals surface area contributed by atoms with Gasteiger partial charge in [-0.15, -0.1) is 0 Å². The number of nitrogens with one attached hydrogen (secondary N) is 1. The van der Waals surface area contributed by atoms with Gasteiger partial charge in [-0.2, -0.15) is 0 Å². The molecule has 0 unspecified atom stereocenters. The third-order valence-electron chi connectivity index (χ3n) is 4.78. The zero-order valence-corrected chi connectivity index (χ0v) is 11.9. The van der Waals surface area contributed by atoms with Gasteiger partial charge in [0.05, 0.1) is 5.39 Å². The molecule has 1 N–H and O–H groups in total. The van der Waals surface area contributed by atoms with Crippen molar-refractivity contribution < 1.29 is 9.13 Å². The molecule has 4 nitrogen and oxygen atoms in total. The largest absolute Gasteiger partial charge is 0.475 e. The van der Waals surface area contributed by atoms with Gasteiger partial charge >= 0.3 is 0 Å². The van der Waals surface area contributed by atoms with Crippen molar-refractivity contribution in [3.63, 3.8) is 0 Å². The molecule has 1 aliphatic carbocycles. The van der Waals surface area contributed by atoms with Gasteiger partial charge in [0.2, 0.25) is 0 Å². The molecule has 21 heavy (non-hydrogen) atoms. The summed E-state index contributed by atoms with van der Waals surface area (Å²) in [7, 11) is 1.63. The highest BCUT2D eigenvalue weighted by atomic mass is 19.1. The fourth-order valence-electron chi connectivity index (χ4n) is 3.42. The Morgan fingerprint density at radius 2 is 2.14 bits per heavy atom. The van der Waals surface area contributed by atoms with Crippen molar-refractivity contribution in [2.45, 2.75) is 18.9 Å². The van der Waals surface area contributed by atoms with E-state index < -0.39 is 5.82 Å². The van der Waals surface area contributed by atoms with E-state index in [0.717, 1.165) is 25.9 Å². The van der Waals surface area contributed by atoms with Crippen LogP contribution in [0, 0.1) is 11.2 Å². The second-order valence-electron chi connectivity index (χ2n) is 6.30. The zero-order chi connectivity index (χ0) is 14.6. The molecule has 2 aliphatic rings. The van der Waals surface area contributed by atoms with Gasteiger partial charge in [-0.05, 0) is 24.3 Å². The molecule has 1 aliphatic heterocycles. The van der Waals surface area contributed by atoms with E-state index in [2.05, 4.69) is 5.32 Å². The van der Waals surface area contributed by atoms with Gasteiger partial charge in [0.1, 0.15) is 11.9 Å². The highest BCUT2D eigenvalue weighted by Crippen LogP contribution is 2.45. The monoisotopic (exact) mass is 288 g/mol. The number of ether oxygens (including phenoxy) is 1. The lowest BCUT2D eigenvalue weighted by Gasteiger charge is -2.53. The van der Waals surface area contributed by atoms with Crippen LogP contribution in [0.5, 0.6) is 5.88 Å². The first kappa shape index (κ1) is 12.8. The van der Waals surface area contributed by atoms with Gasteiger partial charge in [-0.3, -0.25) is 9.36 Å². The van der Waals surface area contributed by atoms with E-state index in [1.807, 2.05) is 0 Å². The van der Waals surface area contributed by atoms with Gasteiger partial charge in [-0.25, -0.2) is 4.39 Å². The van der Waals surface area contributed by atoms with Crippen molar-refractivity contribution >= 4 is 10.8 Å². The van der Waals surface area contributed by atoms with Gasteiger partial charge in [0.25, 0.3) is 5.56 Å². The second-order valence-corrected chi connectivity index (χ2v) is 6.30. The van der Waals surface area contributed by atoms with E-state index in [-0.39, 0.29) is 17.0 Å². The third kappa shape index (κ3) is 1.87. The van der Waals surface area contributed by atoms with Crippen molar-refractivity contribution in [3.05, 3.63) is 40.4 Å². The lowest BCUT2D eigenvalue weighted by Crippen LogP contribution is -2.63. The lowest BCUT2D eigenvalue weighted by atomic mass is 9.63. The molecule has 1 saturated heterocycles. The molecule has 4 rings (SSSR count). The minimum atomic E-state index is -0.484. The topological polar surface area (TPSA) is 43.3 Å². The SMILES string of the molecule is Cn1c(OC2CC3(CNC3)C2)cc2cccc(F)c2c1=O. The molecular formula is C16H17FN2O2. The Balaban J connectivity index is 1.66. The van der Waals surface area contributed by atoms with Crippen LogP contribution in [-0.2, 0) is 7.05 Å². The summed E-state index contributed by atoms with van der Waals surface area (Å²) in [4.78, 5) is 12.3. The number of hydrogen-bond donors (Lipinski definition) is 1. The summed E-state index contributed by atoms with van der Waals surface area (Å²) in [5.41, 5.74) is 0.0758. The molecule has 0 bridgehead atoms. The van der Waals surface area contributed by atoms with Crippen LogP contribution in [0.25, 0.3) is 10.8 Å². The van der Waals surface area contributed by atoms with Gasteiger partial charge in [0.15, 0.2) is 5.88 Å². The predicted octanol–water partition coefficient (Wildman–Crippen LogP) is 1.81. The van der Waals surface area contributed by atoms with Crippen LogP contribution >= 0.6 is 0 Å². The zero-order valence-electron chi connectivity index (χ0n) is 11.9. The molecule has 5 heteroatoms. The Labute approximate surface area is 121 Å². The number of fused-ring (bicyclic) bond motifs is 1. The summed E-state index contributed by atoms with van der Waals surface area (Å²) in [5.74, 6) is 0.0352. The van der Waals surface area contributed by atoms with Crippen LogP contribution in [0.15, 0.2) is 29.1 Å². The Morgan fingerprint density at radius 1 is 1.38 bits per heavy atom. The van der Waals surface area contributed by atoms with E-state index in [0.29, 0.717) is 16.7 Å². The normalized spacial score (nSPS) is 20.3. The highest BCUT2D eigenvalue weighted by Gasteiger charge is 2.49. The van der Waals surface area contributed by atoms with Crippen molar-refractivity contribution in [1.82, 2.24) is 9.88 Å². The predicted molar refractivity (Wildman–Crippen MR) is 78.1 cm³/mol. The number of nitrogens with zero attached hydrogens (tertiary/aromatic N) is 1. The highest BCUT2D eigenvalue weighted by molar-refractivity contribution is 5.83. The second kappa shape index (κ2) is 4.31. The van der Waals surface area contributed by atoms with Gasteiger partial charge < -0.3 is 10.1 Å². The molecule has 2 fully saturated rings. The van der Waals surface area contributed by atoms with Crippen molar-refractivity contribution in [1.29, 1.82) is 0 Å². The van der Waals surface area contributed by atoms with Gasteiger partial charge in [-0.1, -0.05) is 12.1 Å². The molecule has 1 aromatic carbocycles. The van der Waals surface area contributed by atoms with Crippen LogP contribution in [-0.4, -0.2) is 23.8 Å². The standard InChI is InChI=1S/C16H17FN2O2/c1-19-13(21-11-6-16(7-11)8-18-9-16)5-10-3-2-4-12(17)14(10)15(19)20/h2-5,11,18H,6-9H2,1H3. The van der Waals surface area contributed by atoms with E-state index in [1.54, 1.807) is 25.2 Å². The molecule has 2 heterocycles. The summed E-state index contributed by atoms with van der Waals surface area (Å²) in [5, 5.41) is 4.00. The maximum atomic E-state index is 13.8. The molecule has 1 saturated carbocycles. The summed E-state index contributed by atoms with van der Waals surface area (Å²) in [6.07, 6.45) is 2.20. The fourth-order valence-corrected chi connectivity index (χ4v) is 3.42. The van der Waals surface area contributed by atoms with Crippen molar-refractivity contribution in [2.24, 2.45) is 12.5 Å². The van der Waals surface area contributed by atoms with Gasteiger partial charge in [0, 0.05) is 31.6 Å². The molecule has 0 amide bonds. The number of benzene rings is 1. The van der Waals surface area contributed by atoms with E-state index in [1.165, 1.54) is 10.6 Å². The minimum absolute atomic E-state index is 0.126. The first-order valence-corrected chi connectivity index (χ1v) is 7.24. The number of hydrogen-bond acceptors (Lipinski definition) is 3. The first-order chi connectivity index (χ1) is 10.1. The Kier molecular flexibility index (Phi) is 2.63. The van der Waals surface area contributed by atoms with Crippen LogP contribution in [0.2, 0.25) is 0 Å². The number of rotatable bonds is 2. The molecule has 0 atom stereocenters. The van der Waals surface area contributed by atoms with Crippen LogP contribution in [0.1, 0.15) is 12.8 Å². The summed E-state index contributed by atoms with van der Waals surface area (Å²) in [6.45, 7) is 2.13. The van der Waals surface area contributed by atoms with Crippen LogP contribution < -0.4 is 15.6 Å². The minimum Gasteiger partial charge on any atom is -0.475 e. The maximum absolute atomic E-state index is 13.8. The first-order valence-electron chi connectivity index (χ1n) is 7.24. The van der Waals surface area contributed by atoms with Crippen molar-refractivity contribution in [2.75, 3.05) is 13.1 Å². The van der Waals surface area contributed by atoms with Crippen molar-refractivity contribution in [3.8, 4) is 5.88 Å². The Hall–Kier alpha value is -1.88. The fraction of sp³-hybridized carbons (Fsp3) is 0.438. The lowest BCUT2D eigenvalue weighted by molar-refractivity contribution is -0.0527. The number of aromatic nitrogens is 1. The van der Waals surface area contributed by atoms with E-state index >= 15 is 0 Å². The molecule has 2 aromatic rings. The quantitative estimate of drug-likeness (QED) is 0.916. The Morgan fingerprint density at radius 3 is 2.81 bits per heavy atom. The Bertz CT molecular complexity index is 772. The number of pyridine rings is 1. The molecule has 1 aromatic heterocycles. The maximum Gasteiger partial charge on any atom is 0.263 e. The van der Waals surface area contributed by atoms with E-state index in [4.69, 9.17) is 4.74 Å². The summed E-state index contributed by atoms with van der Waals surface area (Å²) >= 11 is 0. The summed E-state index contributed by atoms with van der Waals surface area (Å²) in [6, 6.07) is 6.41. The summed E-state index contributed by atoms with van der Waals surface area (Å²) < 4.78 is 21.1.